The third-order valence-corrected chi connectivity index (χ3v) is 4.85. The molecule has 0 aliphatic heterocycles. The molecule has 0 saturated carbocycles. The molecule has 8 heteroatoms. The fourth-order valence-electron chi connectivity index (χ4n) is 3.30. The van der Waals surface area contributed by atoms with Crippen LogP contribution < -0.4 is 0 Å². The molecular formula is C23H16F2N6. The van der Waals surface area contributed by atoms with Crippen molar-refractivity contribution in [2.75, 3.05) is 0 Å². The average molecular weight is 414 g/mol. The number of H-pyrrole nitrogens is 2. The molecule has 0 fully saturated rings. The summed E-state index contributed by atoms with van der Waals surface area (Å²) in [5, 5.41) is 14.9. The minimum Gasteiger partial charge on any atom is -0.277 e. The van der Waals surface area contributed by atoms with Gasteiger partial charge in [0.15, 0.2) is 5.82 Å². The summed E-state index contributed by atoms with van der Waals surface area (Å²) in [6.07, 6.45) is 7.57. The number of fused-ring (bicyclic) bond motifs is 1. The molecule has 0 bridgehead atoms. The number of aromatic nitrogens is 6. The van der Waals surface area contributed by atoms with Gasteiger partial charge >= 0.3 is 0 Å². The van der Waals surface area contributed by atoms with Gasteiger partial charge in [-0.05, 0) is 41.5 Å². The SMILES string of the molecule is Fc1ccc(/C=C/c2n[nH]c3cc(F)c(-c4n[nH]c(Cc5cccnc5)n4)cc23)cc1. The van der Waals surface area contributed by atoms with E-state index >= 15 is 0 Å². The van der Waals surface area contributed by atoms with Crippen molar-refractivity contribution >= 4 is 23.1 Å². The van der Waals surface area contributed by atoms with Gasteiger partial charge in [0.2, 0.25) is 0 Å². The van der Waals surface area contributed by atoms with Gasteiger partial charge in [-0.3, -0.25) is 15.2 Å². The first-order valence-electron chi connectivity index (χ1n) is 9.57. The number of hydrogen-bond donors (Lipinski definition) is 2. The van der Waals surface area contributed by atoms with Crippen LogP contribution in [0.2, 0.25) is 0 Å². The topological polar surface area (TPSA) is 83.1 Å². The molecular weight excluding hydrogens is 398 g/mol. The second-order valence-electron chi connectivity index (χ2n) is 7.02. The van der Waals surface area contributed by atoms with Crippen LogP contribution in [0.3, 0.4) is 0 Å². The molecule has 0 aliphatic carbocycles. The number of benzene rings is 2. The standard InChI is InChI=1S/C23H16F2N6/c24-16-6-3-14(4-7-16)5-8-20-18-11-17(19(25)12-21(18)29-28-20)23-27-22(30-31-23)10-15-2-1-9-26-13-15/h1-9,11-13H,10H2,(H,28,29)(H,27,30,31)/b8-5+. The van der Waals surface area contributed by atoms with Crippen LogP contribution in [0, 0.1) is 11.6 Å². The zero-order valence-corrected chi connectivity index (χ0v) is 16.2. The van der Waals surface area contributed by atoms with Crippen LogP contribution in [0.4, 0.5) is 8.78 Å². The van der Waals surface area contributed by atoms with E-state index in [0.29, 0.717) is 23.5 Å². The largest absolute Gasteiger partial charge is 0.277 e. The fraction of sp³-hybridized carbons (Fsp3) is 0.0435. The lowest BCUT2D eigenvalue weighted by Gasteiger charge is -2.00. The van der Waals surface area contributed by atoms with E-state index in [1.807, 2.05) is 18.2 Å². The van der Waals surface area contributed by atoms with E-state index in [1.165, 1.54) is 18.2 Å². The summed E-state index contributed by atoms with van der Waals surface area (Å²) in [7, 11) is 0. The normalized spacial score (nSPS) is 11.5. The average Bonchev–Trinajstić information content (AvgIpc) is 3.40. The van der Waals surface area contributed by atoms with Gasteiger partial charge in [-0.25, -0.2) is 13.8 Å². The summed E-state index contributed by atoms with van der Waals surface area (Å²) < 4.78 is 27.8. The molecule has 0 radical (unpaired) electrons. The van der Waals surface area contributed by atoms with Gasteiger partial charge in [0, 0.05) is 30.3 Å². The molecule has 0 spiro atoms. The van der Waals surface area contributed by atoms with Crippen LogP contribution in [-0.4, -0.2) is 30.4 Å². The summed E-state index contributed by atoms with van der Waals surface area (Å²) >= 11 is 0. The third-order valence-electron chi connectivity index (χ3n) is 4.85. The zero-order valence-electron chi connectivity index (χ0n) is 16.2. The number of hydrogen-bond acceptors (Lipinski definition) is 4. The van der Waals surface area contributed by atoms with Crippen molar-refractivity contribution in [1.29, 1.82) is 0 Å². The van der Waals surface area contributed by atoms with Gasteiger partial charge < -0.3 is 0 Å². The predicted molar refractivity (Wildman–Crippen MR) is 114 cm³/mol. The Morgan fingerprint density at radius 1 is 0.935 bits per heavy atom. The molecule has 152 valence electrons. The van der Waals surface area contributed by atoms with Crippen LogP contribution in [0.25, 0.3) is 34.4 Å². The van der Waals surface area contributed by atoms with Crippen molar-refractivity contribution < 1.29 is 8.78 Å². The maximum absolute atomic E-state index is 14.7. The highest BCUT2D eigenvalue weighted by Gasteiger charge is 2.15. The predicted octanol–water partition coefficient (Wildman–Crippen LogP) is 4.78. The number of pyridine rings is 1. The van der Waals surface area contributed by atoms with Crippen LogP contribution in [0.5, 0.6) is 0 Å². The van der Waals surface area contributed by atoms with Gasteiger partial charge in [-0.15, -0.1) is 0 Å². The highest BCUT2D eigenvalue weighted by Crippen LogP contribution is 2.27. The van der Waals surface area contributed by atoms with Crippen LogP contribution >= 0.6 is 0 Å². The van der Waals surface area contributed by atoms with Crippen LogP contribution in [-0.2, 0) is 6.42 Å². The number of nitrogens with one attached hydrogen (secondary N) is 2. The van der Waals surface area contributed by atoms with Crippen LogP contribution in [0.1, 0.15) is 22.6 Å². The Morgan fingerprint density at radius 3 is 2.61 bits per heavy atom. The second kappa shape index (κ2) is 7.91. The van der Waals surface area contributed by atoms with Crippen molar-refractivity contribution in [2.24, 2.45) is 0 Å². The first-order valence-corrected chi connectivity index (χ1v) is 9.57. The summed E-state index contributed by atoms with van der Waals surface area (Å²) in [4.78, 5) is 8.52. The van der Waals surface area contributed by atoms with E-state index in [0.717, 1.165) is 16.5 Å². The Kier molecular flexibility index (Phi) is 4.80. The molecule has 0 atom stereocenters. The Labute approximate surface area is 175 Å². The summed E-state index contributed by atoms with van der Waals surface area (Å²) in [6.45, 7) is 0. The van der Waals surface area contributed by atoms with E-state index in [4.69, 9.17) is 0 Å². The van der Waals surface area contributed by atoms with Gasteiger partial charge in [-0.1, -0.05) is 24.3 Å². The minimum absolute atomic E-state index is 0.271. The van der Waals surface area contributed by atoms with Gasteiger partial charge in [0.05, 0.1) is 16.8 Å². The number of nitrogens with zero attached hydrogens (tertiary/aromatic N) is 4. The molecule has 0 aliphatic rings. The molecule has 0 unspecified atom stereocenters. The highest BCUT2D eigenvalue weighted by atomic mass is 19.1. The van der Waals surface area contributed by atoms with Crippen molar-refractivity contribution in [1.82, 2.24) is 30.4 Å². The molecule has 3 heterocycles. The quantitative estimate of drug-likeness (QED) is 0.433. The van der Waals surface area contributed by atoms with Crippen molar-refractivity contribution in [2.45, 2.75) is 6.42 Å². The summed E-state index contributed by atoms with van der Waals surface area (Å²) in [5.41, 5.74) is 3.27. The Balaban J connectivity index is 1.46. The molecule has 3 aromatic heterocycles. The van der Waals surface area contributed by atoms with Gasteiger partial charge in [0.1, 0.15) is 17.5 Å². The Hall–Kier alpha value is -4.20. The van der Waals surface area contributed by atoms with Gasteiger partial charge in [0.25, 0.3) is 0 Å². The molecule has 5 aromatic rings. The lowest BCUT2D eigenvalue weighted by atomic mass is 10.1. The smallest absolute Gasteiger partial charge is 0.184 e. The molecule has 2 N–H and O–H groups in total. The molecule has 2 aromatic carbocycles. The van der Waals surface area contributed by atoms with Crippen LogP contribution in [0.15, 0.2) is 60.9 Å². The fourth-order valence-corrected chi connectivity index (χ4v) is 3.30. The highest BCUT2D eigenvalue weighted by molar-refractivity contribution is 5.92. The van der Waals surface area contributed by atoms with E-state index < -0.39 is 5.82 Å². The van der Waals surface area contributed by atoms with E-state index in [2.05, 4.69) is 30.4 Å². The number of halogens is 2. The maximum Gasteiger partial charge on any atom is 0.184 e. The molecule has 0 amide bonds. The Bertz CT molecular complexity index is 1370. The molecule has 6 nitrogen and oxygen atoms in total. The second-order valence-corrected chi connectivity index (χ2v) is 7.02. The maximum atomic E-state index is 14.7. The van der Waals surface area contributed by atoms with E-state index in [9.17, 15) is 8.78 Å². The first-order chi connectivity index (χ1) is 15.2. The lowest BCUT2D eigenvalue weighted by Crippen LogP contribution is -1.91. The minimum atomic E-state index is -0.447. The van der Waals surface area contributed by atoms with Gasteiger partial charge in [-0.2, -0.15) is 10.2 Å². The van der Waals surface area contributed by atoms with E-state index in [-0.39, 0.29) is 17.2 Å². The van der Waals surface area contributed by atoms with Crippen molar-refractivity contribution in [3.63, 3.8) is 0 Å². The summed E-state index contributed by atoms with van der Waals surface area (Å²) in [6, 6.07) is 13.0. The van der Waals surface area contributed by atoms with E-state index in [1.54, 1.807) is 36.7 Å². The van der Waals surface area contributed by atoms with Crippen molar-refractivity contribution in [3.8, 4) is 11.4 Å². The molecule has 31 heavy (non-hydrogen) atoms. The Morgan fingerprint density at radius 2 is 1.81 bits per heavy atom. The summed E-state index contributed by atoms with van der Waals surface area (Å²) in [5.74, 6) is 0.146. The lowest BCUT2D eigenvalue weighted by molar-refractivity contribution is 0.627. The monoisotopic (exact) mass is 414 g/mol. The third kappa shape index (κ3) is 3.95. The zero-order chi connectivity index (χ0) is 21.2. The molecule has 0 saturated heterocycles. The first kappa shape index (κ1) is 18.8. The van der Waals surface area contributed by atoms with Crippen molar-refractivity contribution in [3.05, 3.63) is 95.2 Å². The number of rotatable bonds is 5. The number of aromatic amines is 2. The molecule has 5 rings (SSSR count).